The Kier molecular flexibility index (Phi) is 7.85. The lowest BCUT2D eigenvalue weighted by atomic mass is 9.99. The number of carbonyl (C=O) groups is 3. The summed E-state index contributed by atoms with van der Waals surface area (Å²) in [5, 5.41) is 10.6. The molecule has 1 aliphatic rings. The smallest absolute Gasteiger partial charge is 0.303 e. The van der Waals surface area contributed by atoms with E-state index in [1.807, 2.05) is 31.2 Å². The van der Waals surface area contributed by atoms with Crippen LogP contribution in [0, 0.1) is 6.92 Å². The first-order chi connectivity index (χ1) is 13.2. The van der Waals surface area contributed by atoms with Crippen molar-refractivity contribution >= 4 is 29.7 Å². The van der Waals surface area contributed by atoms with E-state index >= 15 is 0 Å². The summed E-state index contributed by atoms with van der Waals surface area (Å²) >= 11 is 1.25. The number of carbonyl (C=O) groups excluding carboxylic acids is 3. The molecule has 28 heavy (non-hydrogen) atoms. The first-order valence-electron chi connectivity index (χ1n) is 8.72. The lowest BCUT2D eigenvalue weighted by Crippen LogP contribution is -2.60. The summed E-state index contributed by atoms with van der Waals surface area (Å²) in [4.78, 5) is 35.1. The fourth-order valence-corrected chi connectivity index (χ4v) is 3.82. The van der Waals surface area contributed by atoms with Gasteiger partial charge in [0.2, 0.25) is 0 Å². The molecule has 3 unspecified atom stereocenters. The summed E-state index contributed by atoms with van der Waals surface area (Å²) in [6, 6.07) is 7.59. The van der Waals surface area contributed by atoms with Gasteiger partial charge in [-0.25, -0.2) is 0 Å². The van der Waals surface area contributed by atoms with E-state index in [-0.39, 0.29) is 6.61 Å². The van der Waals surface area contributed by atoms with Crippen LogP contribution in [0.4, 0.5) is 0 Å². The largest absolute Gasteiger partial charge is 0.463 e. The van der Waals surface area contributed by atoms with E-state index in [9.17, 15) is 19.5 Å². The van der Waals surface area contributed by atoms with Crippen molar-refractivity contribution in [3.8, 4) is 0 Å². The molecule has 0 bridgehead atoms. The van der Waals surface area contributed by atoms with Gasteiger partial charge in [-0.05, 0) is 19.1 Å². The van der Waals surface area contributed by atoms with Crippen molar-refractivity contribution in [1.82, 2.24) is 0 Å². The van der Waals surface area contributed by atoms with Gasteiger partial charge in [-0.3, -0.25) is 14.4 Å². The van der Waals surface area contributed by atoms with Gasteiger partial charge >= 0.3 is 17.9 Å². The normalized spacial score (nSPS) is 27.0. The van der Waals surface area contributed by atoms with Crippen molar-refractivity contribution in [2.24, 2.45) is 0 Å². The highest BCUT2D eigenvalue weighted by atomic mass is 32.2. The minimum absolute atomic E-state index is 0.230. The average Bonchev–Trinajstić information content (AvgIpc) is 2.60. The number of aliphatic hydroxyl groups is 1. The Labute approximate surface area is 167 Å². The van der Waals surface area contributed by atoms with Gasteiger partial charge in [-0.2, -0.15) is 0 Å². The Morgan fingerprint density at radius 2 is 1.57 bits per heavy atom. The van der Waals surface area contributed by atoms with E-state index in [2.05, 4.69) is 0 Å². The molecule has 0 saturated carbocycles. The predicted molar refractivity (Wildman–Crippen MR) is 99.4 cm³/mol. The van der Waals surface area contributed by atoms with Crippen LogP contribution < -0.4 is 0 Å². The second-order valence-electron chi connectivity index (χ2n) is 6.42. The van der Waals surface area contributed by atoms with Gasteiger partial charge in [0.1, 0.15) is 24.3 Å². The molecule has 0 spiro atoms. The predicted octanol–water partition coefficient (Wildman–Crippen LogP) is 1.60. The van der Waals surface area contributed by atoms with Crippen molar-refractivity contribution in [1.29, 1.82) is 0 Å². The second-order valence-corrected chi connectivity index (χ2v) is 7.59. The highest BCUT2D eigenvalue weighted by Crippen LogP contribution is 2.36. The van der Waals surface area contributed by atoms with Crippen LogP contribution in [-0.2, 0) is 33.3 Å². The molecule has 9 heteroatoms. The SMILES string of the molecule is CC(=O)OCC1O[C@@H](Sc2ccc(C)cc2)C(OC(C)=O)C(OC(C)=O)[C@@H]1O. The average molecular weight is 412 g/mol. The lowest BCUT2D eigenvalue weighted by molar-refractivity contribution is -0.230. The fraction of sp³-hybridized carbons (Fsp3) is 0.526. The highest BCUT2D eigenvalue weighted by molar-refractivity contribution is 7.99. The van der Waals surface area contributed by atoms with E-state index in [1.165, 1.54) is 32.5 Å². The van der Waals surface area contributed by atoms with Gasteiger partial charge < -0.3 is 24.1 Å². The molecule has 2 rings (SSSR count). The molecule has 0 amide bonds. The number of aryl methyl sites for hydroxylation is 1. The molecule has 1 N–H and O–H groups in total. The monoisotopic (exact) mass is 412 g/mol. The van der Waals surface area contributed by atoms with Gasteiger partial charge in [0.15, 0.2) is 12.2 Å². The minimum atomic E-state index is -1.34. The van der Waals surface area contributed by atoms with Crippen LogP contribution in [0.15, 0.2) is 29.2 Å². The van der Waals surface area contributed by atoms with Gasteiger partial charge in [-0.15, -0.1) is 0 Å². The quantitative estimate of drug-likeness (QED) is 0.550. The molecule has 1 aromatic carbocycles. The number of thioether (sulfide) groups is 1. The Bertz CT molecular complexity index is 704. The Balaban J connectivity index is 2.30. The molecule has 0 aliphatic carbocycles. The molecule has 0 aromatic heterocycles. The Hall–Kier alpha value is -2.10. The minimum Gasteiger partial charge on any atom is -0.463 e. The zero-order valence-corrected chi connectivity index (χ0v) is 16.9. The van der Waals surface area contributed by atoms with Crippen LogP contribution in [-0.4, -0.2) is 59.5 Å². The highest BCUT2D eigenvalue weighted by Gasteiger charge is 2.50. The number of hydrogen-bond donors (Lipinski definition) is 1. The van der Waals surface area contributed by atoms with Gasteiger partial charge in [0.05, 0.1) is 0 Å². The third-order valence-electron chi connectivity index (χ3n) is 3.95. The van der Waals surface area contributed by atoms with E-state index in [1.54, 1.807) is 0 Å². The summed E-state index contributed by atoms with van der Waals surface area (Å²) in [7, 11) is 0. The fourth-order valence-electron chi connectivity index (χ4n) is 2.72. The number of esters is 3. The number of rotatable bonds is 6. The number of aliphatic hydroxyl groups excluding tert-OH is 1. The standard InChI is InChI=1S/C19H24O8S/c1-10-5-7-14(8-6-10)28-19-18(26-13(4)22)17(25-12(3)21)16(23)15(27-19)9-24-11(2)20/h5-8,15-19,23H,9H2,1-4H3/t15?,16-,17?,18?,19+/m1/s1. The molecule has 1 heterocycles. The van der Waals surface area contributed by atoms with Crippen molar-refractivity contribution in [3.05, 3.63) is 29.8 Å². The van der Waals surface area contributed by atoms with E-state index in [0.717, 1.165) is 10.5 Å². The topological polar surface area (TPSA) is 108 Å². The van der Waals surface area contributed by atoms with E-state index < -0.39 is 47.8 Å². The maximum atomic E-state index is 11.6. The summed E-state index contributed by atoms with van der Waals surface area (Å²) in [6.07, 6.45) is -4.51. The molecule has 1 saturated heterocycles. The lowest BCUT2D eigenvalue weighted by Gasteiger charge is -2.42. The van der Waals surface area contributed by atoms with Crippen LogP contribution in [0.5, 0.6) is 0 Å². The molecule has 154 valence electrons. The number of benzene rings is 1. The maximum absolute atomic E-state index is 11.6. The third kappa shape index (κ3) is 6.22. The molecular formula is C19H24O8S. The molecule has 1 aromatic rings. The Morgan fingerprint density at radius 3 is 2.11 bits per heavy atom. The van der Waals surface area contributed by atoms with Crippen LogP contribution in [0.2, 0.25) is 0 Å². The molecular weight excluding hydrogens is 388 g/mol. The molecule has 1 aliphatic heterocycles. The first kappa shape index (κ1) is 22.2. The third-order valence-corrected chi connectivity index (χ3v) is 5.10. The van der Waals surface area contributed by atoms with Crippen molar-refractivity contribution in [2.45, 2.75) is 62.4 Å². The van der Waals surface area contributed by atoms with Crippen molar-refractivity contribution in [3.63, 3.8) is 0 Å². The van der Waals surface area contributed by atoms with Crippen LogP contribution in [0.3, 0.4) is 0 Å². The zero-order valence-electron chi connectivity index (χ0n) is 16.1. The Morgan fingerprint density at radius 1 is 1.00 bits per heavy atom. The van der Waals surface area contributed by atoms with Crippen LogP contribution in [0.1, 0.15) is 26.3 Å². The first-order valence-corrected chi connectivity index (χ1v) is 9.60. The molecule has 5 atom stereocenters. The van der Waals surface area contributed by atoms with Crippen LogP contribution >= 0.6 is 11.8 Å². The summed E-state index contributed by atoms with van der Waals surface area (Å²) < 4.78 is 21.4. The second kappa shape index (κ2) is 9.90. The van der Waals surface area contributed by atoms with Gasteiger partial charge in [0.25, 0.3) is 0 Å². The summed E-state index contributed by atoms with van der Waals surface area (Å²) in [5.74, 6) is -1.79. The van der Waals surface area contributed by atoms with Crippen molar-refractivity contribution < 1.29 is 38.4 Å². The molecule has 8 nitrogen and oxygen atoms in total. The van der Waals surface area contributed by atoms with E-state index in [0.29, 0.717) is 0 Å². The number of ether oxygens (including phenoxy) is 4. The van der Waals surface area contributed by atoms with Gasteiger partial charge in [0, 0.05) is 25.7 Å². The zero-order chi connectivity index (χ0) is 20.8. The maximum Gasteiger partial charge on any atom is 0.303 e. The van der Waals surface area contributed by atoms with Gasteiger partial charge in [-0.1, -0.05) is 29.5 Å². The molecule has 1 fully saturated rings. The van der Waals surface area contributed by atoms with Crippen LogP contribution in [0.25, 0.3) is 0 Å². The summed E-state index contributed by atoms with van der Waals surface area (Å²) in [6.45, 7) is 5.37. The molecule has 0 radical (unpaired) electrons. The number of hydrogen-bond acceptors (Lipinski definition) is 9. The van der Waals surface area contributed by atoms with E-state index in [4.69, 9.17) is 18.9 Å². The van der Waals surface area contributed by atoms with Crippen molar-refractivity contribution in [2.75, 3.05) is 6.61 Å². The summed E-state index contributed by atoms with van der Waals surface area (Å²) in [5.41, 5.74) is 0.284.